The van der Waals surface area contributed by atoms with Crippen LogP contribution in [0.25, 0.3) is 11.3 Å². The van der Waals surface area contributed by atoms with Gasteiger partial charge in [-0.1, -0.05) is 17.7 Å². The zero-order chi connectivity index (χ0) is 18.3. The van der Waals surface area contributed by atoms with Crippen molar-refractivity contribution in [1.29, 1.82) is 0 Å². The number of carbonyl (C=O) groups is 1. The number of hydrogen-bond donors (Lipinski definition) is 2. The van der Waals surface area contributed by atoms with E-state index >= 15 is 0 Å². The first kappa shape index (κ1) is 16.3. The standard InChI is InChI=1S/C17H15ClN6O2/c1-19-17(25)15-12(6-13(18)21-22-15)20-11-5-3-4-10-14-9(7-24(2)23-14)8-26-16(10)11/h3-7H,8H2,1-2H3,(H,19,25)(H,20,21). The third-order valence-electron chi connectivity index (χ3n) is 4.02. The van der Waals surface area contributed by atoms with Gasteiger partial charge in [-0.3, -0.25) is 9.48 Å². The number of fused-ring (bicyclic) bond motifs is 3. The van der Waals surface area contributed by atoms with E-state index in [0.717, 1.165) is 16.8 Å². The van der Waals surface area contributed by atoms with Crippen molar-refractivity contribution in [3.05, 3.63) is 46.9 Å². The molecule has 9 heteroatoms. The number of halogens is 1. The van der Waals surface area contributed by atoms with Crippen molar-refractivity contribution in [3.63, 3.8) is 0 Å². The Labute approximate surface area is 154 Å². The molecular formula is C17H15ClN6O2. The summed E-state index contributed by atoms with van der Waals surface area (Å²) in [4.78, 5) is 12.1. The first-order valence-corrected chi connectivity index (χ1v) is 8.25. The SMILES string of the molecule is CNC(=O)c1nnc(Cl)cc1Nc1cccc2c1OCc1cn(C)nc1-2. The van der Waals surface area contributed by atoms with Crippen LogP contribution in [0, 0.1) is 0 Å². The predicted molar refractivity (Wildman–Crippen MR) is 96.7 cm³/mol. The maximum Gasteiger partial charge on any atom is 0.273 e. The van der Waals surface area contributed by atoms with Gasteiger partial charge < -0.3 is 15.4 Å². The largest absolute Gasteiger partial charge is 0.486 e. The highest BCUT2D eigenvalue weighted by Gasteiger charge is 2.24. The molecule has 3 heterocycles. The number of ether oxygens (including phenoxy) is 1. The van der Waals surface area contributed by atoms with Gasteiger partial charge in [-0.2, -0.15) is 5.10 Å². The van der Waals surface area contributed by atoms with Crippen molar-refractivity contribution in [2.24, 2.45) is 7.05 Å². The Morgan fingerprint density at radius 2 is 2.15 bits per heavy atom. The van der Waals surface area contributed by atoms with Crippen molar-refractivity contribution < 1.29 is 9.53 Å². The van der Waals surface area contributed by atoms with Crippen molar-refractivity contribution in [2.45, 2.75) is 6.61 Å². The number of aryl methyl sites for hydroxylation is 1. The normalized spacial score (nSPS) is 12.0. The molecule has 0 saturated carbocycles. The van der Waals surface area contributed by atoms with Gasteiger partial charge in [0.1, 0.15) is 12.3 Å². The predicted octanol–water partition coefficient (Wildman–Crippen LogP) is 2.53. The Morgan fingerprint density at radius 3 is 2.96 bits per heavy atom. The number of rotatable bonds is 3. The van der Waals surface area contributed by atoms with Crippen molar-refractivity contribution in [2.75, 3.05) is 12.4 Å². The summed E-state index contributed by atoms with van der Waals surface area (Å²) in [5.74, 6) is 0.295. The van der Waals surface area contributed by atoms with Gasteiger partial charge in [0.05, 0.1) is 11.4 Å². The second-order valence-electron chi connectivity index (χ2n) is 5.78. The summed E-state index contributed by atoms with van der Waals surface area (Å²) in [5, 5.41) is 18.0. The lowest BCUT2D eigenvalue weighted by Gasteiger charge is -2.21. The Kier molecular flexibility index (Phi) is 3.96. The van der Waals surface area contributed by atoms with E-state index in [9.17, 15) is 4.79 Å². The van der Waals surface area contributed by atoms with E-state index in [1.807, 2.05) is 31.4 Å². The number of para-hydroxylation sites is 1. The number of nitrogens with zero attached hydrogens (tertiary/aromatic N) is 4. The highest BCUT2D eigenvalue weighted by molar-refractivity contribution is 6.29. The highest BCUT2D eigenvalue weighted by atomic mass is 35.5. The first-order valence-electron chi connectivity index (χ1n) is 7.88. The fourth-order valence-corrected chi connectivity index (χ4v) is 3.04. The second kappa shape index (κ2) is 6.30. The van der Waals surface area contributed by atoms with Crippen LogP contribution < -0.4 is 15.4 Å². The minimum Gasteiger partial charge on any atom is -0.486 e. The van der Waals surface area contributed by atoms with Crippen LogP contribution in [-0.2, 0) is 13.7 Å². The van der Waals surface area contributed by atoms with Crippen LogP contribution in [-0.4, -0.2) is 32.9 Å². The molecule has 0 atom stereocenters. The molecule has 132 valence electrons. The molecule has 0 radical (unpaired) electrons. The molecule has 4 rings (SSSR count). The van der Waals surface area contributed by atoms with E-state index in [2.05, 4.69) is 25.9 Å². The van der Waals surface area contributed by atoms with E-state index in [4.69, 9.17) is 16.3 Å². The second-order valence-corrected chi connectivity index (χ2v) is 6.17. The monoisotopic (exact) mass is 370 g/mol. The third-order valence-corrected chi connectivity index (χ3v) is 4.21. The molecule has 26 heavy (non-hydrogen) atoms. The van der Waals surface area contributed by atoms with Crippen LogP contribution in [0.3, 0.4) is 0 Å². The van der Waals surface area contributed by atoms with E-state index in [0.29, 0.717) is 23.7 Å². The van der Waals surface area contributed by atoms with E-state index in [1.54, 1.807) is 10.7 Å². The molecular weight excluding hydrogens is 356 g/mol. The topological polar surface area (TPSA) is 94.0 Å². The molecule has 0 fully saturated rings. The summed E-state index contributed by atoms with van der Waals surface area (Å²) >= 11 is 5.95. The number of anilines is 2. The van der Waals surface area contributed by atoms with Gasteiger partial charge in [0.15, 0.2) is 16.6 Å². The van der Waals surface area contributed by atoms with Gasteiger partial charge in [0.2, 0.25) is 0 Å². The smallest absolute Gasteiger partial charge is 0.273 e. The minimum absolute atomic E-state index is 0.142. The summed E-state index contributed by atoms with van der Waals surface area (Å²) in [5.41, 5.74) is 4.06. The maximum atomic E-state index is 12.1. The molecule has 1 aliphatic heterocycles. The zero-order valence-corrected chi connectivity index (χ0v) is 14.8. The quantitative estimate of drug-likeness (QED) is 0.735. The van der Waals surface area contributed by atoms with Crippen LogP contribution in [0.2, 0.25) is 5.15 Å². The average molecular weight is 371 g/mol. The average Bonchev–Trinajstić information content (AvgIpc) is 3.02. The molecule has 0 aliphatic carbocycles. The van der Waals surface area contributed by atoms with Crippen LogP contribution in [0.15, 0.2) is 30.5 Å². The Bertz CT molecular complexity index is 1020. The fourth-order valence-electron chi connectivity index (χ4n) is 2.89. The molecule has 0 saturated heterocycles. The van der Waals surface area contributed by atoms with Crippen LogP contribution >= 0.6 is 11.6 Å². The highest BCUT2D eigenvalue weighted by Crippen LogP contribution is 2.42. The molecule has 0 unspecified atom stereocenters. The Hall–Kier alpha value is -3.13. The van der Waals surface area contributed by atoms with Gasteiger partial charge in [-0.15, -0.1) is 10.2 Å². The van der Waals surface area contributed by atoms with Gasteiger partial charge in [0.25, 0.3) is 5.91 Å². The lowest BCUT2D eigenvalue weighted by molar-refractivity contribution is 0.0958. The summed E-state index contributed by atoms with van der Waals surface area (Å²) < 4.78 is 7.70. The van der Waals surface area contributed by atoms with Crippen molar-refractivity contribution in [3.8, 4) is 17.0 Å². The van der Waals surface area contributed by atoms with Gasteiger partial charge in [-0.25, -0.2) is 0 Å². The lowest BCUT2D eigenvalue weighted by Crippen LogP contribution is -2.21. The number of hydrogen-bond acceptors (Lipinski definition) is 6. The molecule has 3 aromatic rings. The molecule has 1 aromatic carbocycles. The minimum atomic E-state index is -0.366. The molecule has 2 N–H and O–H groups in total. The molecule has 0 spiro atoms. The number of nitrogens with one attached hydrogen (secondary N) is 2. The first-order chi connectivity index (χ1) is 12.6. The van der Waals surface area contributed by atoms with Crippen LogP contribution in [0.1, 0.15) is 16.1 Å². The van der Waals surface area contributed by atoms with Gasteiger partial charge in [-0.05, 0) is 12.1 Å². The third kappa shape index (κ3) is 2.74. The summed E-state index contributed by atoms with van der Waals surface area (Å²) in [7, 11) is 3.40. The summed E-state index contributed by atoms with van der Waals surface area (Å²) in [6, 6.07) is 7.25. The van der Waals surface area contributed by atoms with Crippen molar-refractivity contribution in [1.82, 2.24) is 25.3 Å². The van der Waals surface area contributed by atoms with Gasteiger partial charge in [0, 0.05) is 37.5 Å². The van der Waals surface area contributed by atoms with Crippen LogP contribution in [0.5, 0.6) is 5.75 Å². The number of aromatic nitrogens is 4. The van der Waals surface area contributed by atoms with E-state index < -0.39 is 0 Å². The van der Waals surface area contributed by atoms with E-state index in [1.165, 1.54) is 7.05 Å². The molecule has 0 bridgehead atoms. The summed E-state index contributed by atoms with van der Waals surface area (Å²) in [6.45, 7) is 0.423. The van der Waals surface area contributed by atoms with Crippen molar-refractivity contribution >= 4 is 28.9 Å². The van der Waals surface area contributed by atoms with Crippen LogP contribution in [0.4, 0.5) is 11.4 Å². The molecule has 1 aliphatic rings. The Balaban J connectivity index is 1.78. The fraction of sp³-hybridized carbons (Fsp3) is 0.176. The zero-order valence-electron chi connectivity index (χ0n) is 14.1. The van der Waals surface area contributed by atoms with E-state index in [-0.39, 0.29) is 16.8 Å². The number of benzene rings is 1. The van der Waals surface area contributed by atoms with Gasteiger partial charge >= 0.3 is 0 Å². The number of amides is 1. The molecule has 1 amide bonds. The summed E-state index contributed by atoms with van der Waals surface area (Å²) in [6.07, 6.45) is 1.94. The number of carbonyl (C=O) groups excluding carboxylic acids is 1. The Morgan fingerprint density at radius 1 is 1.31 bits per heavy atom. The lowest BCUT2D eigenvalue weighted by atomic mass is 10.0. The maximum absolute atomic E-state index is 12.1. The molecule has 2 aromatic heterocycles. The molecule has 8 nitrogen and oxygen atoms in total.